The third-order valence-corrected chi connectivity index (χ3v) is 6.89. The average Bonchev–Trinajstić information content (AvgIpc) is 3.36. The first-order valence-electron chi connectivity index (χ1n) is 7.77. The Hall–Kier alpha value is -2.32. The number of nitrogens with one attached hydrogen (secondary N) is 1. The van der Waals surface area contributed by atoms with Gasteiger partial charge in [-0.15, -0.1) is 28.6 Å². The molecule has 126 valence electrons. The van der Waals surface area contributed by atoms with Crippen LogP contribution in [0.15, 0.2) is 54.9 Å². The van der Waals surface area contributed by atoms with Crippen LogP contribution in [0.25, 0.3) is 5.69 Å². The summed E-state index contributed by atoms with van der Waals surface area (Å²) in [5.74, 6) is 2.25. The molecule has 1 saturated heterocycles. The lowest BCUT2D eigenvalue weighted by Crippen LogP contribution is -2.12. The Kier molecular flexibility index (Phi) is 4.71. The van der Waals surface area contributed by atoms with Gasteiger partial charge in [0.05, 0.1) is 10.3 Å². The van der Waals surface area contributed by atoms with Crippen LogP contribution in [0.1, 0.15) is 20.5 Å². The molecule has 0 bridgehead atoms. The summed E-state index contributed by atoms with van der Waals surface area (Å²) in [5.41, 5.74) is 3.40. The van der Waals surface area contributed by atoms with E-state index in [4.69, 9.17) is 0 Å². The Morgan fingerprint density at radius 3 is 2.64 bits per heavy atom. The number of hydrogen-bond donors (Lipinski definition) is 1. The quantitative estimate of drug-likeness (QED) is 0.760. The molecule has 2 heterocycles. The van der Waals surface area contributed by atoms with Crippen molar-refractivity contribution in [1.29, 1.82) is 0 Å². The number of tetrazole rings is 1. The molecule has 3 aromatic rings. The summed E-state index contributed by atoms with van der Waals surface area (Å²) in [6.45, 7) is 0. The van der Waals surface area contributed by atoms with E-state index in [0.717, 1.165) is 5.69 Å². The molecule has 8 heteroatoms. The molecule has 1 fully saturated rings. The number of thioether (sulfide) groups is 2. The van der Waals surface area contributed by atoms with Crippen molar-refractivity contribution >= 4 is 35.1 Å². The highest BCUT2D eigenvalue weighted by Crippen LogP contribution is 2.45. The predicted octanol–water partition coefficient (Wildman–Crippen LogP) is 3.39. The Morgan fingerprint density at radius 2 is 1.92 bits per heavy atom. The van der Waals surface area contributed by atoms with Crippen molar-refractivity contribution in [3.8, 4) is 5.69 Å². The number of anilines is 1. The summed E-state index contributed by atoms with van der Waals surface area (Å²) in [5, 5.41) is 14.0. The summed E-state index contributed by atoms with van der Waals surface area (Å²) in [4.78, 5) is 12.5. The molecule has 1 aliphatic rings. The van der Waals surface area contributed by atoms with Gasteiger partial charge in [-0.1, -0.05) is 18.2 Å². The Bertz CT molecular complexity index is 861. The van der Waals surface area contributed by atoms with Crippen molar-refractivity contribution in [2.45, 2.75) is 4.58 Å². The van der Waals surface area contributed by atoms with Gasteiger partial charge in [0.2, 0.25) is 0 Å². The molecule has 4 rings (SSSR count). The lowest BCUT2D eigenvalue weighted by atomic mass is 10.1. The fourth-order valence-electron chi connectivity index (χ4n) is 2.55. The van der Waals surface area contributed by atoms with E-state index < -0.39 is 0 Å². The summed E-state index contributed by atoms with van der Waals surface area (Å²) >= 11 is 3.91. The molecular weight excluding hydrogens is 354 g/mol. The maximum Gasteiger partial charge on any atom is 0.255 e. The second-order valence-corrected chi connectivity index (χ2v) is 8.18. The highest BCUT2D eigenvalue weighted by molar-refractivity contribution is 8.19. The van der Waals surface area contributed by atoms with E-state index in [9.17, 15) is 4.79 Å². The molecule has 0 spiro atoms. The number of hydrogen-bond acceptors (Lipinski definition) is 6. The normalized spacial score (nSPS) is 14.6. The highest BCUT2D eigenvalue weighted by atomic mass is 32.2. The zero-order chi connectivity index (χ0) is 17.1. The Morgan fingerprint density at radius 1 is 1.12 bits per heavy atom. The van der Waals surface area contributed by atoms with Crippen LogP contribution in [-0.4, -0.2) is 37.6 Å². The lowest BCUT2D eigenvalue weighted by molar-refractivity contribution is 0.102. The van der Waals surface area contributed by atoms with Gasteiger partial charge in [0, 0.05) is 22.8 Å². The Labute approximate surface area is 153 Å². The largest absolute Gasteiger partial charge is 0.322 e. The van der Waals surface area contributed by atoms with Crippen molar-refractivity contribution < 1.29 is 4.79 Å². The second kappa shape index (κ2) is 7.28. The first-order chi connectivity index (χ1) is 12.3. The number of carbonyl (C=O) groups excluding carboxylic acids is 1. The van der Waals surface area contributed by atoms with Gasteiger partial charge in [-0.3, -0.25) is 4.79 Å². The van der Waals surface area contributed by atoms with Crippen LogP contribution in [-0.2, 0) is 0 Å². The van der Waals surface area contributed by atoms with Gasteiger partial charge in [-0.25, -0.2) is 4.68 Å². The van der Waals surface area contributed by atoms with E-state index in [1.165, 1.54) is 23.4 Å². The molecule has 1 N–H and O–H groups in total. The summed E-state index contributed by atoms with van der Waals surface area (Å²) in [7, 11) is 0. The fourth-order valence-corrected chi connectivity index (χ4v) is 5.41. The molecule has 1 aromatic heterocycles. The molecule has 6 nitrogen and oxygen atoms in total. The Balaban J connectivity index is 1.47. The first kappa shape index (κ1) is 16.2. The lowest BCUT2D eigenvalue weighted by Gasteiger charge is -2.10. The van der Waals surface area contributed by atoms with Crippen molar-refractivity contribution in [1.82, 2.24) is 20.2 Å². The third-order valence-electron chi connectivity index (χ3n) is 3.78. The van der Waals surface area contributed by atoms with Crippen LogP contribution in [0.5, 0.6) is 0 Å². The number of carbonyl (C=O) groups is 1. The molecule has 0 atom stereocenters. The topological polar surface area (TPSA) is 72.7 Å². The van der Waals surface area contributed by atoms with Gasteiger partial charge in [0.15, 0.2) is 0 Å². The monoisotopic (exact) mass is 369 g/mol. The van der Waals surface area contributed by atoms with E-state index >= 15 is 0 Å². The van der Waals surface area contributed by atoms with E-state index in [1.807, 2.05) is 72.1 Å². The van der Waals surface area contributed by atoms with Gasteiger partial charge >= 0.3 is 0 Å². The minimum absolute atomic E-state index is 0.132. The number of nitrogens with zero attached hydrogens (tertiary/aromatic N) is 4. The van der Waals surface area contributed by atoms with E-state index in [2.05, 4.69) is 20.8 Å². The number of aromatic nitrogens is 4. The molecule has 1 amide bonds. The summed E-state index contributed by atoms with van der Waals surface area (Å²) < 4.78 is 2.03. The average molecular weight is 369 g/mol. The SMILES string of the molecule is O=C(Nc1cccc(-n2cnnn2)c1)c1ccc(C2SCCS2)cc1. The number of rotatable bonds is 4. The molecule has 0 radical (unpaired) electrons. The molecule has 0 unspecified atom stereocenters. The first-order valence-corrected chi connectivity index (χ1v) is 9.87. The molecule has 0 aliphatic carbocycles. The molecule has 25 heavy (non-hydrogen) atoms. The molecule has 2 aromatic carbocycles. The minimum atomic E-state index is -0.132. The molecule has 1 aliphatic heterocycles. The number of amides is 1. The van der Waals surface area contributed by atoms with Crippen molar-refractivity contribution in [2.75, 3.05) is 16.8 Å². The van der Waals surface area contributed by atoms with Crippen LogP contribution in [0.3, 0.4) is 0 Å². The van der Waals surface area contributed by atoms with Crippen molar-refractivity contribution in [3.63, 3.8) is 0 Å². The standard InChI is InChI=1S/C17H15N5OS2/c23-16(12-4-6-13(7-5-12)17-24-8-9-25-17)19-14-2-1-3-15(10-14)22-11-18-20-21-22/h1-7,10-11,17H,8-9H2,(H,19,23). The van der Waals surface area contributed by atoms with Gasteiger partial charge in [0.25, 0.3) is 5.91 Å². The van der Waals surface area contributed by atoms with Crippen LogP contribution >= 0.6 is 23.5 Å². The number of benzene rings is 2. The van der Waals surface area contributed by atoms with Crippen LogP contribution in [0.2, 0.25) is 0 Å². The van der Waals surface area contributed by atoms with Gasteiger partial charge in [-0.05, 0) is 46.3 Å². The zero-order valence-electron chi connectivity index (χ0n) is 13.2. The van der Waals surface area contributed by atoms with E-state index in [0.29, 0.717) is 15.8 Å². The van der Waals surface area contributed by atoms with Crippen LogP contribution in [0.4, 0.5) is 5.69 Å². The van der Waals surface area contributed by atoms with Crippen LogP contribution < -0.4 is 5.32 Å². The van der Waals surface area contributed by atoms with Gasteiger partial charge < -0.3 is 5.32 Å². The summed E-state index contributed by atoms with van der Waals surface area (Å²) in [6.07, 6.45) is 1.51. The highest BCUT2D eigenvalue weighted by Gasteiger charge is 2.18. The maximum atomic E-state index is 12.5. The molecular formula is C17H15N5OS2. The maximum absolute atomic E-state index is 12.5. The van der Waals surface area contributed by atoms with Gasteiger partial charge in [0.1, 0.15) is 6.33 Å². The fraction of sp³-hybridized carbons (Fsp3) is 0.176. The predicted molar refractivity (Wildman–Crippen MR) is 101 cm³/mol. The van der Waals surface area contributed by atoms with Crippen molar-refractivity contribution in [2.24, 2.45) is 0 Å². The minimum Gasteiger partial charge on any atom is -0.322 e. The van der Waals surface area contributed by atoms with Crippen LogP contribution in [0, 0.1) is 0 Å². The van der Waals surface area contributed by atoms with E-state index in [1.54, 1.807) is 4.68 Å². The zero-order valence-corrected chi connectivity index (χ0v) is 14.8. The van der Waals surface area contributed by atoms with E-state index in [-0.39, 0.29) is 5.91 Å². The van der Waals surface area contributed by atoms with Gasteiger partial charge in [-0.2, -0.15) is 0 Å². The van der Waals surface area contributed by atoms with Crippen molar-refractivity contribution in [3.05, 3.63) is 66.0 Å². The molecule has 0 saturated carbocycles. The third kappa shape index (κ3) is 3.69. The summed E-state index contributed by atoms with van der Waals surface area (Å²) in [6, 6.07) is 15.2. The second-order valence-electron chi connectivity index (χ2n) is 5.45. The smallest absolute Gasteiger partial charge is 0.255 e.